The third-order valence-corrected chi connectivity index (χ3v) is 8.52. The van der Waals surface area contributed by atoms with Crippen LogP contribution in [-0.2, 0) is 22.4 Å². The SMILES string of the molecule is CNc1cc(F)c(F)c2c1Cc1ncc(-c3cnc4c(c3)c(=O)c(C(=O)O)cn4CC3COCCN3)c(N3CCOCC3)c1-2. The van der Waals surface area contributed by atoms with Gasteiger partial charge in [-0.3, -0.25) is 9.78 Å². The number of fused-ring (bicyclic) bond motifs is 4. The maximum Gasteiger partial charge on any atom is 0.341 e. The zero-order valence-corrected chi connectivity index (χ0v) is 24.0. The Bertz CT molecular complexity index is 1870. The molecule has 2 saturated heterocycles. The summed E-state index contributed by atoms with van der Waals surface area (Å²) in [7, 11) is 1.66. The lowest BCUT2D eigenvalue weighted by atomic mass is 9.96. The molecule has 11 nitrogen and oxygen atoms in total. The Morgan fingerprint density at radius 1 is 1.14 bits per heavy atom. The van der Waals surface area contributed by atoms with E-state index >= 15 is 4.39 Å². The molecular formula is C31H30F2N6O5. The Balaban J connectivity index is 1.44. The quantitative estimate of drug-likeness (QED) is 0.266. The number of morpholine rings is 2. The number of hydrogen-bond acceptors (Lipinski definition) is 9. The normalized spacial score (nSPS) is 17.9. The lowest BCUT2D eigenvalue weighted by Crippen LogP contribution is -2.44. The third kappa shape index (κ3) is 4.68. The molecule has 1 unspecified atom stereocenters. The average molecular weight is 605 g/mol. The molecule has 3 N–H and O–H groups in total. The van der Waals surface area contributed by atoms with Crippen molar-refractivity contribution in [3.8, 4) is 22.3 Å². The number of aromatic nitrogens is 3. The van der Waals surface area contributed by atoms with E-state index in [1.807, 2.05) is 0 Å². The Morgan fingerprint density at radius 3 is 2.68 bits per heavy atom. The minimum Gasteiger partial charge on any atom is -0.477 e. The van der Waals surface area contributed by atoms with Crippen molar-refractivity contribution < 1.29 is 28.2 Å². The molecule has 3 aliphatic rings. The van der Waals surface area contributed by atoms with Crippen molar-refractivity contribution >= 4 is 28.4 Å². The van der Waals surface area contributed by atoms with E-state index in [-0.39, 0.29) is 22.6 Å². The maximum absolute atomic E-state index is 15.6. The van der Waals surface area contributed by atoms with Gasteiger partial charge in [0.15, 0.2) is 11.6 Å². The van der Waals surface area contributed by atoms with Gasteiger partial charge in [-0.25, -0.2) is 18.6 Å². The number of benzene rings is 1. The zero-order chi connectivity index (χ0) is 30.5. The summed E-state index contributed by atoms with van der Waals surface area (Å²) in [5, 5.41) is 16.3. The van der Waals surface area contributed by atoms with Gasteiger partial charge in [0, 0.05) is 98.3 Å². The highest BCUT2D eigenvalue weighted by Crippen LogP contribution is 2.50. The monoisotopic (exact) mass is 604 g/mol. The molecule has 5 heterocycles. The van der Waals surface area contributed by atoms with Gasteiger partial charge >= 0.3 is 5.97 Å². The number of anilines is 2. The second kappa shape index (κ2) is 11.2. The van der Waals surface area contributed by atoms with Crippen molar-refractivity contribution in [3.63, 3.8) is 0 Å². The molecule has 1 aromatic carbocycles. The lowest BCUT2D eigenvalue weighted by molar-refractivity contribution is 0.0690. The molecule has 2 aliphatic heterocycles. The summed E-state index contributed by atoms with van der Waals surface area (Å²) >= 11 is 0. The highest BCUT2D eigenvalue weighted by atomic mass is 19.2. The molecule has 0 spiro atoms. The van der Waals surface area contributed by atoms with Crippen LogP contribution in [-0.4, -0.2) is 84.8 Å². The zero-order valence-electron chi connectivity index (χ0n) is 24.0. The van der Waals surface area contributed by atoms with Crippen molar-refractivity contribution in [1.82, 2.24) is 19.9 Å². The standard InChI is InChI=1S/C31H30F2N6O5/c1-34-23-10-22(32)27(33)25-18(23)9-24-26(25)28(38-3-6-43-7-4-38)20(12-36-24)16-8-19-29(40)21(31(41)42)14-39(30(19)37-11-16)13-17-15-44-5-2-35-17/h8,10-12,14,17,34-35H,2-7,9,13,15H2,1H3,(H,41,42). The number of aromatic carboxylic acids is 1. The molecule has 13 heteroatoms. The van der Waals surface area contributed by atoms with Crippen LogP contribution in [0.2, 0.25) is 0 Å². The summed E-state index contributed by atoms with van der Waals surface area (Å²) in [6.07, 6.45) is 4.90. The molecule has 7 rings (SSSR count). The van der Waals surface area contributed by atoms with Crippen LogP contribution in [0, 0.1) is 11.6 Å². The molecule has 2 fully saturated rings. The Labute approximate surface area is 250 Å². The number of rotatable bonds is 6. The number of ether oxygens (including phenoxy) is 2. The number of pyridine rings is 3. The van der Waals surface area contributed by atoms with Crippen LogP contribution >= 0.6 is 0 Å². The van der Waals surface area contributed by atoms with Crippen LogP contribution in [0.3, 0.4) is 0 Å². The predicted octanol–water partition coefficient (Wildman–Crippen LogP) is 2.87. The van der Waals surface area contributed by atoms with E-state index in [0.717, 1.165) is 6.07 Å². The molecule has 1 atom stereocenters. The summed E-state index contributed by atoms with van der Waals surface area (Å²) < 4.78 is 43.3. The van der Waals surface area contributed by atoms with E-state index in [2.05, 4.69) is 20.5 Å². The molecule has 0 saturated carbocycles. The van der Waals surface area contributed by atoms with Gasteiger partial charge < -0.3 is 34.7 Å². The van der Waals surface area contributed by atoms with E-state index in [9.17, 15) is 19.1 Å². The fraction of sp³-hybridized carbons (Fsp3) is 0.355. The molecule has 3 aromatic heterocycles. The van der Waals surface area contributed by atoms with E-state index in [0.29, 0.717) is 104 Å². The fourth-order valence-corrected chi connectivity index (χ4v) is 6.45. The van der Waals surface area contributed by atoms with E-state index in [1.165, 1.54) is 6.20 Å². The number of nitrogens with zero attached hydrogens (tertiary/aromatic N) is 4. The van der Waals surface area contributed by atoms with Crippen LogP contribution in [0.5, 0.6) is 0 Å². The molecule has 0 amide bonds. The Morgan fingerprint density at radius 2 is 1.95 bits per heavy atom. The first-order chi connectivity index (χ1) is 21.4. The van der Waals surface area contributed by atoms with Crippen molar-refractivity contribution in [1.29, 1.82) is 0 Å². The van der Waals surface area contributed by atoms with Crippen LogP contribution in [0.4, 0.5) is 20.2 Å². The minimum absolute atomic E-state index is 0.0933. The number of carboxylic acids is 1. The summed E-state index contributed by atoms with van der Waals surface area (Å²) in [4.78, 5) is 37.0. The molecular weight excluding hydrogens is 574 g/mol. The highest BCUT2D eigenvalue weighted by Gasteiger charge is 2.34. The first-order valence-corrected chi connectivity index (χ1v) is 14.5. The van der Waals surface area contributed by atoms with Gasteiger partial charge in [-0.15, -0.1) is 0 Å². The van der Waals surface area contributed by atoms with Gasteiger partial charge in [-0.05, 0) is 11.6 Å². The predicted molar refractivity (Wildman–Crippen MR) is 160 cm³/mol. The largest absolute Gasteiger partial charge is 0.477 e. The van der Waals surface area contributed by atoms with Crippen LogP contribution in [0.25, 0.3) is 33.3 Å². The number of halogens is 2. The van der Waals surface area contributed by atoms with Crippen LogP contribution in [0.1, 0.15) is 21.6 Å². The highest BCUT2D eigenvalue weighted by molar-refractivity contribution is 5.98. The summed E-state index contributed by atoms with van der Waals surface area (Å²) in [5.74, 6) is -3.25. The number of carbonyl (C=O) groups is 1. The summed E-state index contributed by atoms with van der Waals surface area (Å²) in [6, 6.07) is 2.68. The number of nitrogens with one attached hydrogen (secondary N) is 2. The second-order valence-corrected chi connectivity index (χ2v) is 11.1. The smallest absolute Gasteiger partial charge is 0.341 e. The van der Waals surface area contributed by atoms with Gasteiger partial charge in [0.2, 0.25) is 5.43 Å². The molecule has 0 bridgehead atoms. The van der Waals surface area contributed by atoms with E-state index in [1.54, 1.807) is 30.1 Å². The van der Waals surface area contributed by atoms with Gasteiger partial charge in [0.05, 0.1) is 43.2 Å². The van der Waals surface area contributed by atoms with Crippen molar-refractivity contribution in [2.45, 2.75) is 19.0 Å². The van der Waals surface area contributed by atoms with E-state index < -0.39 is 23.0 Å². The van der Waals surface area contributed by atoms with Crippen LogP contribution in [0.15, 0.2) is 35.5 Å². The molecule has 4 aromatic rings. The lowest BCUT2D eigenvalue weighted by Gasteiger charge is -2.32. The number of carboxylic acid groups (broad SMARTS) is 1. The topological polar surface area (TPSA) is 131 Å². The van der Waals surface area contributed by atoms with Crippen molar-refractivity contribution in [2.24, 2.45) is 0 Å². The van der Waals surface area contributed by atoms with Crippen molar-refractivity contribution in [3.05, 3.63) is 69.4 Å². The van der Waals surface area contributed by atoms with Gasteiger partial charge in [0.1, 0.15) is 11.2 Å². The molecule has 228 valence electrons. The Kier molecular flexibility index (Phi) is 7.23. The molecule has 0 radical (unpaired) electrons. The third-order valence-electron chi connectivity index (χ3n) is 8.52. The fourth-order valence-electron chi connectivity index (χ4n) is 6.45. The van der Waals surface area contributed by atoms with Crippen LogP contribution < -0.4 is 21.0 Å². The van der Waals surface area contributed by atoms with Gasteiger partial charge in [-0.2, -0.15) is 0 Å². The van der Waals surface area contributed by atoms with Gasteiger partial charge in [0.25, 0.3) is 0 Å². The summed E-state index contributed by atoms with van der Waals surface area (Å²) in [5.41, 5.74) is 3.36. The second-order valence-electron chi connectivity index (χ2n) is 11.1. The van der Waals surface area contributed by atoms with Crippen molar-refractivity contribution in [2.75, 3.05) is 63.3 Å². The minimum atomic E-state index is -1.34. The maximum atomic E-state index is 15.6. The molecule has 44 heavy (non-hydrogen) atoms. The average Bonchev–Trinajstić information content (AvgIpc) is 3.44. The van der Waals surface area contributed by atoms with Gasteiger partial charge in [-0.1, -0.05) is 0 Å². The first kappa shape index (κ1) is 28.3. The first-order valence-electron chi connectivity index (χ1n) is 14.5. The van der Waals surface area contributed by atoms with E-state index in [4.69, 9.17) is 14.5 Å². The summed E-state index contributed by atoms with van der Waals surface area (Å²) in [6.45, 7) is 3.91. The Hall–Kier alpha value is -4.46. The number of hydrogen-bond donors (Lipinski definition) is 3. The molecule has 1 aliphatic carbocycles.